The summed E-state index contributed by atoms with van der Waals surface area (Å²) in [5.41, 5.74) is 2.67. The number of nitrogens with one attached hydrogen (secondary N) is 1. The van der Waals surface area contributed by atoms with Crippen LogP contribution in [0.4, 0.5) is 5.69 Å². The molecule has 1 aliphatic rings. The maximum Gasteiger partial charge on any atom is 0.0700 e. The van der Waals surface area contributed by atoms with E-state index in [2.05, 4.69) is 29.6 Å². The van der Waals surface area contributed by atoms with Gasteiger partial charge in [0.1, 0.15) is 0 Å². The first-order valence-electron chi connectivity index (χ1n) is 5.78. The quantitative estimate of drug-likeness (QED) is 0.771. The summed E-state index contributed by atoms with van der Waals surface area (Å²) in [5.74, 6) is 0.576. The lowest BCUT2D eigenvalue weighted by atomic mass is 9.95. The van der Waals surface area contributed by atoms with Crippen molar-refractivity contribution in [2.24, 2.45) is 5.92 Å². The first-order chi connectivity index (χ1) is 7.90. The summed E-state index contributed by atoms with van der Waals surface area (Å²) in [7, 11) is 1.70. The Morgan fingerprint density at radius 2 is 2.19 bits per heavy atom. The highest BCUT2D eigenvalue weighted by Crippen LogP contribution is 2.24. The van der Waals surface area contributed by atoms with Gasteiger partial charge in [-0.15, -0.1) is 0 Å². The fourth-order valence-corrected chi connectivity index (χ4v) is 2.02. The third kappa shape index (κ3) is 2.97. The van der Waals surface area contributed by atoms with Crippen molar-refractivity contribution in [1.29, 1.82) is 0 Å². The van der Waals surface area contributed by atoms with Crippen LogP contribution >= 0.6 is 0 Å². The summed E-state index contributed by atoms with van der Waals surface area (Å²) in [4.78, 5) is 0. The van der Waals surface area contributed by atoms with Gasteiger partial charge in [-0.2, -0.15) is 0 Å². The molecule has 1 heterocycles. The van der Waals surface area contributed by atoms with E-state index in [1.807, 2.05) is 0 Å². The van der Waals surface area contributed by atoms with Gasteiger partial charge in [-0.25, -0.2) is 0 Å². The molecule has 0 fully saturated rings. The number of hydrogen-bond acceptors (Lipinski definition) is 3. The third-order valence-corrected chi connectivity index (χ3v) is 2.89. The zero-order chi connectivity index (χ0) is 11.2. The fourth-order valence-electron chi connectivity index (χ4n) is 2.02. The number of hydrogen-bond donors (Lipinski definition) is 1. The Morgan fingerprint density at radius 1 is 1.31 bits per heavy atom. The highest BCUT2D eigenvalue weighted by Gasteiger charge is 2.17. The van der Waals surface area contributed by atoms with E-state index in [0.717, 1.165) is 19.6 Å². The number of anilines is 1. The Bertz CT molecular complexity index is 327. The average Bonchev–Trinajstić information content (AvgIpc) is 2.34. The van der Waals surface area contributed by atoms with Crippen molar-refractivity contribution in [2.75, 3.05) is 38.8 Å². The minimum atomic E-state index is 0.576. The summed E-state index contributed by atoms with van der Waals surface area (Å²) in [6.45, 7) is 3.18. The van der Waals surface area contributed by atoms with Crippen molar-refractivity contribution in [3.63, 3.8) is 0 Å². The lowest BCUT2D eigenvalue weighted by Crippen LogP contribution is -2.27. The van der Waals surface area contributed by atoms with Gasteiger partial charge in [-0.1, -0.05) is 18.2 Å². The SMILES string of the molecule is COCCOC[C@@H]1CNc2ccccc2C1. The fraction of sp³-hybridized carbons (Fsp3) is 0.538. The van der Waals surface area contributed by atoms with Gasteiger partial charge in [0.15, 0.2) is 0 Å². The summed E-state index contributed by atoms with van der Waals surface area (Å²) < 4.78 is 10.5. The molecule has 0 aromatic heterocycles. The Labute approximate surface area is 96.8 Å². The Hall–Kier alpha value is -1.06. The molecule has 0 saturated carbocycles. The minimum absolute atomic E-state index is 0.576. The van der Waals surface area contributed by atoms with Gasteiger partial charge in [0.25, 0.3) is 0 Å². The third-order valence-electron chi connectivity index (χ3n) is 2.89. The maximum absolute atomic E-state index is 5.56. The van der Waals surface area contributed by atoms with Crippen molar-refractivity contribution >= 4 is 5.69 Å². The normalized spacial score (nSPS) is 18.9. The Morgan fingerprint density at radius 3 is 3.06 bits per heavy atom. The van der Waals surface area contributed by atoms with Crippen molar-refractivity contribution in [1.82, 2.24) is 0 Å². The smallest absolute Gasteiger partial charge is 0.0700 e. The summed E-state index contributed by atoms with van der Waals surface area (Å²) in [6, 6.07) is 8.48. The van der Waals surface area contributed by atoms with Crippen LogP contribution in [0.3, 0.4) is 0 Å². The van der Waals surface area contributed by atoms with Crippen LogP contribution in [0.25, 0.3) is 0 Å². The predicted octanol–water partition coefficient (Wildman–Crippen LogP) is 1.93. The second-order valence-corrected chi connectivity index (χ2v) is 4.18. The van der Waals surface area contributed by atoms with Gasteiger partial charge in [0, 0.05) is 25.3 Å². The molecule has 3 heteroatoms. The number of rotatable bonds is 5. The van der Waals surface area contributed by atoms with Crippen molar-refractivity contribution in [3.8, 4) is 0 Å². The van der Waals surface area contributed by atoms with Gasteiger partial charge >= 0.3 is 0 Å². The molecule has 1 atom stereocenters. The first kappa shape index (κ1) is 11.4. The molecule has 0 aliphatic carbocycles. The van der Waals surface area contributed by atoms with Crippen LogP contribution in [0.1, 0.15) is 5.56 Å². The topological polar surface area (TPSA) is 30.5 Å². The number of ether oxygens (including phenoxy) is 2. The standard InChI is InChI=1S/C13H19NO2/c1-15-6-7-16-10-11-8-12-4-2-3-5-13(12)14-9-11/h2-5,11,14H,6-10H2,1H3/t11-/m0/s1. The van der Waals surface area contributed by atoms with E-state index < -0.39 is 0 Å². The molecule has 0 spiro atoms. The number of para-hydroxylation sites is 1. The van der Waals surface area contributed by atoms with Crippen molar-refractivity contribution < 1.29 is 9.47 Å². The van der Waals surface area contributed by atoms with Crippen LogP contribution in [0, 0.1) is 5.92 Å². The van der Waals surface area contributed by atoms with Crippen molar-refractivity contribution in [3.05, 3.63) is 29.8 Å². The molecule has 1 aliphatic heterocycles. The highest BCUT2D eigenvalue weighted by atomic mass is 16.5. The summed E-state index contributed by atoms with van der Waals surface area (Å²) >= 11 is 0. The van der Waals surface area contributed by atoms with Crippen LogP contribution in [-0.2, 0) is 15.9 Å². The maximum atomic E-state index is 5.56. The molecule has 0 amide bonds. The van der Waals surface area contributed by atoms with E-state index in [9.17, 15) is 0 Å². The van der Waals surface area contributed by atoms with E-state index in [-0.39, 0.29) is 0 Å². The van der Waals surface area contributed by atoms with Gasteiger partial charge in [-0.3, -0.25) is 0 Å². The van der Waals surface area contributed by atoms with Gasteiger partial charge in [-0.05, 0) is 18.1 Å². The zero-order valence-electron chi connectivity index (χ0n) is 9.74. The molecular formula is C13H19NO2. The van der Waals surface area contributed by atoms with Gasteiger partial charge in [0.05, 0.1) is 19.8 Å². The molecule has 1 aromatic carbocycles. The first-order valence-corrected chi connectivity index (χ1v) is 5.78. The van der Waals surface area contributed by atoms with Crippen LogP contribution in [0.15, 0.2) is 24.3 Å². The van der Waals surface area contributed by atoms with E-state index >= 15 is 0 Å². The van der Waals surface area contributed by atoms with Crippen molar-refractivity contribution in [2.45, 2.75) is 6.42 Å². The molecule has 0 bridgehead atoms. The summed E-state index contributed by atoms with van der Waals surface area (Å²) in [5, 5.41) is 3.44. The second-order valence-electron chi connectivity index (χ2n) is 4.18. The number of benzene rings is 1. The van der Waals surface area contributed by atoms with E-state index in [4.69, 9.17) is 9.47 Å². The predicted molar refractivity (Wildman–Crippen MR) is 64.8 cm³/mol. The van der Waals surface area contributed by atoms with E-state index in [1.54, 1.807) is 7.11 Å². The molecule has 3 nitrogen and oxygen atoms in total. The molecule has 1 N–H and O–H groups in total. The van der Waals surface area contributed by atoms with Crippen LogP contribution in [0.2, 0.25) is 0 Å². The molecule has 1 aromatic rings. The lowest BCUT2D eigenvalue weighted by Gasteiger charge is -2.25. The summed E-state index contributed by atoms with van der Waals surface area (Å²) in [6.07, 6.45) is 1.11. The van der Waals surface area contributed by atoms with E-state index in [1.165, 1.54) is 11.3 Å². The Balaban J connectivity index is 1.79. The number of methoxy groups -OCH3 is 1. The lowest BCUT2D eigenvalue weighted by molar-refractivity contribution is 0.0530. The average molecular weight is 221 g/mol. The minimum Gasteiger partial charge on any atom is -0.384 e. The largest absolute Gasteiger partial charge is 0.384 e. The van der Waals surface area contributed by atoms with Crippen LogP contribution in [-0.4, -0.2) is 33.5 Å². The van der Waals surface area contributed by atoms with Crippen LogP contribution < -0.4 is 5.32 Å². The molecule has 0 unspecified atom stereocenters. The number of fused-ring (bicyclic) bond motifs is 1. The van der Waals surface area contributed by atoms with E-state index in [0.29, 0.717) is 19.1 Å². The van der Waals surface area contributed by atoms with Gasteiger partial charge in [0.2, 0.25) is 0 Å². The van der Waals surface area contributed by atoms with Crippen LogP contribution in [0.5, 0.6) is 0 Å². The molecule has 88 valence electrons. The molecule has 2 rings (SSSR count). The molecule has 0 radical (unpaired) electrons. The highest BCUT2D eigenvalue weighted by molar-refractivity contribution is 5.53. The monoisotopic (exact) mass is 221 g/mol. The molecular weight excluding hydrogens is 202 g/mol. The molecule has 16 heavy (non-hydrogen) atoms. The molecule has 0 saturated heterocycles. The van der Waals surface area contributed by atoms with Gasteiger partial charge < -0.3 is 14.8 Å². The second kappa shape index (κ2) is 5.87. The zero-order valence-corrected chi connectivity index (χ0v) is 9.74. The Kier molecular flexibility index (Phi) is 4.19.